The van der Waals surface area contributed by atoms with Crippen molar-refractivity contribution in [3.63, 3.8) is 0 Å². The first-order valence-corrected chi connectivity index (χ1v) is 7.63. The molecule has 0 N–H and O–H groups in total. The third-order valence-electron chi connectivity index (χ3n) is 3.88. The summed E-state index contributed by atoms with van der Waals surface area (Å²) >= 11 is 0. The molecule has 0 aliphatic carbocycles. The highest BCUT2D eigenvalue weighted by atomic mass is 16.5. The van der Waals surface area contributed by atoms with Crippen molar-refractivity contribution < 1.29 is 14.2 Å². The Morgan fingerprint density at radius 3 is 2.39 bits per heavy atom. The van der Waals surface area contributed by atoms with Crippen molar-refractivity contribution >= 4 is 10.8 Å². The lowest BCUT2D eigenvalue weighted by molar-refractivity contribution is 0.314. The highest BCUT2D eigenvalue weighted by Crippen LogP contribution is 2.31. The molecular formula is C20H20O3. The summed E-state index contributed by atoms with van der Waals surface area (Å²) in [4.78, 5) is 0. The maximum Gasteiger partial charge on any atom is 0.164 e. The minimum Gasteiger partial charge on any atom is -0.493 e. The Kier molecular flexibility index (Phi) is 4.67. The van der Waals surface area contributed by atoms with Crippen molar-refractivity contribution in [3.05, 3.63) is 66.2 Å². The van der Waals surface area contributed by atoms with Crippen LogP contribution in [-0.2, 0) is 6.42 Å². The van der Waals surface area contributed by atoms with Gasteiger partial charge in [0.05, 0.1) is 20.8 Å². The Morgan fingerprint density at radius 1 is 0.783 bits per heavy atom. The van der Waals surface area contributed by atoms with Crippen molar-refractivity contribution in [2.75, 3.05) is 20.8 Å². The second-order valence-electron chi connectivity index (χ2n) is 5.25. The van der Waals surface area contributed by atoms with Gasteiger partial charge in [-0.2, -0.15) is 0 Å². The van der Waals surface area contributed by atoms with E-state index in [2.05, 4.69) is 42.5 Å². The van der Waals surface area contributed by atoms with Crippen LogP contribution in [0.3, 0.4) is 0 Å². The van der Waals surface area contributed by atoms with Gasteiger partial charge in [-0.25, -0.2) is 0 Å². The summed E-state index contributed by atoms with van der Waals surface area (Å²) in [5.41, 5.74) is 1.29. The van der Waals surface area contributed by atoms with Crippen LogP contribution in [0.4, 0.5) is 0 Å². The van der Waals surface area contributed by atoms with Crippen LogP contribution in [0.2, 0.25) is 0 Å². The van der Waals surface area contributed by atoms with Crippen LogP contribution in [-0.4, -0.2) is 20.8 Å². The summed E-state index contributed by atoms with van der Waals surface area (Å²) in [6, 6.07) is 20.4. The van der Waals surface area contributed by atoms with Gasteiger partial charge in [0.2, 0.25) is 0 Å². The molecule has 118 valence electrons. The average Bonchev–Trinajstić information content (AvgIpc) is 2.61. The Balaban J connectivity index is 1.69. The van der Waals surface area contributed by atoms with Crippen LogP contribution >= 0.6 is 0 Å². The molecule has 0 aliphatic rings. The maximum atomic E-state index is 5.87. The molecule has 0 radical (unpaired) electrons. The number of ether oxygens (including phenoxy) is 3. The molecule has 0 spiro atoms. The molecule has 3 aromatic rings. The predicted octanol–water partition coefficient (Wildman–Crippen LogP) is 4.48. The molecule has 0 amide bonds. The molecule has 3 aromatic carbocycles. The fourth-order valence-corrected chi connectivity index (χ4v) is 2.70. The number of methoxy groups -OCH3 is 2. The lowest BCUT2D eigenvalue weighted by Crippen LogP contribution is -2.02. The third-order valence-corrected chi connectivity index (χ3v) is 3.88. The van der Waals surface area contributed by atoms with E-state index in [1.54, 1.807) is 14.2 Å². The summed E-state index contributed by atoms with van der Waals surface area (Å²) in [5, 5.41) is 2.54. The van der Waals surface area contributed by atoms with E-state index >= 15 is 0 Å². The molecule has 3 nitrogen and oxygen atoms in total. The largest absolute Gasteiger partial charge is 0.493 e. The van der Waals surface area contributed by atoms with Gasteiger partial charge in [0.25, 0.3) is 0 Å². The summed E-state index contributed by atoms with van der Waals surface area (Å²) in [5.74, 6) is 2.16. The molecule has 0 aromatic heterocycles. The molecule has 0 heterocycles. The third kappa shape index (κ3) is 3.39. The molecule has 0 bridgehead atoms. The first-order chi connectivity index (χ1) is 11.3. The Morgan fingerprint density at radius 2 is 1.57 bits per heavy atom. The second kappa shape index (κ2) is 7.05. The van der Waals surface area contributed by atoms with E-state index in [-0.39, 0.29) is 0 Å². The molecule has 0 atom stereocenters. The molecule has 0 saturated heterocycles. The maximum absolute atomic E-state index is 5.87. The van der Waals surface area contributed by atoms with Gasteiger partial charge in [-0.3, -0.25) is 0 Å². The average molecular weight is 308 g/mol. The first kappa shape index (κ1) is 15.2. The molecule has 0 fully saturated rings. The SMILES string of the molecule is COc1ccc(OCCc2cccc3ccccc23)cc1OC. The van der Waals surface area contributed by atoms with E-state index in [1.807, 2.05) is 18.2 Å². The van der Waals surface area contributed by atoms with Gasteiger partial charge in [-0.1, -0.05) is 42.5 Å². The molecule has 3 rings (SSSR count). The topological polar surface area (TPSA) is 27.7 Å². The summed E-state index contributed by atoms with van der Waals surface area (Å²) in [7, 11) is 3.25. The fourth-order valence-electron chi connectivity index (χ4n) is 2.70. The van der Waals surface area contributed by atoms with Crippen molar-refractivity contribution in [3.8, 4) is 17.2 Å². The summed E-state index contributed by atoms with van der Waals surface area (Å²) in [6.45, 7) is 0.615. The van der Waals surface area contributed by atoms with Crippen LogP contribution in [0.1, 0.15) is 5.56 Å². The smallest absolute Gasteiger partial charge is 0.164 e. The van der Waals surface area contributed by atoms with E-state index in [0.29, 0.717) is 18.1 Å². The van der Waals surface area contributed by atoms with Gasteiger partial charge in [-0.15, -0.1) is 0 Å². The number of benzene rings is 3. The lowest BCUT2D eigenvalue weighted by Gasteiger charge is -2.11. The molecule has 0 saturated carbocycles. The van der Waals surface area contributed by atoms with Gasteiger partial charge in [-0.05, 0) is 28.5 Å². The number of hydrogen-bond acceptors (Lipinski definition) is 3. The van der Waals surface area contributed by atoms with Gasteiger partial charge in [0, 0.05) is 12.5 Å². The number of hydrogen-bond donors (Lipinski definition) is 0. The van der Waals surface area contributed by atoms with Gasteiger partial charge in [0.1, 0.15) is 5.75 Å². The highest BCUT2D eigenvalue weighted by Gasteiger charge is 2.06. The molecule has 0 unspecified atom stereocenters. The monoisotopic (exact) mass is 308 g/mol. The van der Waals surface area contributed by atoms with Crippen molar-refractivity contribution in [2.24, 2.45) is 0 Å². The molecular weight excluding hydrogens is 288 g/mol. The molecule has 3 heteroatoms. The molecule has 23 heavy (non-hydrogen) atoms. The minimum atomic E-state index is 0.615. The quantitative estimate of drug-likeness (QED) is 0.672. The van der Waals surface area contributed by atoms with E-state index in [1.165, 1.54) is 16.3 Å². The first-order valence-electron chi connectivity index (χ1n) is 7.63. The Hall–Kier alpha value is -2.68. The van der Waals surface area contributed by atoms with Crippen LogP contribution in [0.25, 0.3) is 10.8 Å². The fraction of sp³-hybridized carbons (Fsp3) is 0.200. The van der Waals surface area contributed by atoms with E-state index in [9.17, 15) is 0 Å². The predicted molar refractivity (Wildman–Crippen MR) is 92.7 cm³/mol. The zero-order chi connectivity index (χ0) is 16.1. The summed E-state index contributed by atoms with van der Waals surface area (Å²) < 4.78 is 16.4. The van der Waals surface area contributed by atoms with E-state index in [0.717, 1.165) is 12.2 Å². The summed E-state index contributed by atoms with van der Waals surface area (Å²) in [6.07, 6.45) is 0.857. The lowest BCUT2D eigenvalue weighted by atomic mass is 10.0. The molecule has 0 aliphatic heterocycles. The normalized spacial score (nSPS) is 10.5. The van der Waals surface area contributed by atoms with Crippen LogP contribution in [0, 0.1) is 0 Å². The second-order valence-corrected chi connectivity index (χ2v) is 5.25. The highest BCUT2D eigenvalue weighted by molar-refractivity contribution is 5.85. The number of rotatable bonds is 6. The Bertz CT molecular complexity index is 790. The van der Waals surface area contributed by atoms with Gasteiger partial charge in [0.15, 0.2) is 11.5 Å². The van der Waals surface area contributed by atoms with Gasteiger partial charge < -0.3 is 14.2 Å². The van der Waals surface area contributed by atoms with Crippen molar-refractivity contribution in [2.45, 2.75) is 6.42 Å². The Labute approximate surface area is 136 Å². The van der Waals surface area contributed by atoms with Gasteiger partial charge >= 0.3 is 0 Å². The van der Waals surface area contributed by atoms with Crippen molar-refractivity contribution in [1.29, 1.82) is 0 Å². The van der Waals surface area contributed by atoms with Crippen LogP contribution < -0.4 is 14.2 Å². The van der Waals surface area contributed by atoms with Crippen LogP contribution in [0.5, 0.6) is 17.2 Å². The standard InChI is InChI=1S/C20H20O3/c1-21-19-11-10-17(14-20(19)22-2)23-13-12-16-8-5-7-15-6-3-4-9-18(15)16/h3-11,14H,12-13H2,1-2H3. The van der Waals surface area contributed by atoms with Crippen molar-refractivity contribution in [1.82, 2.24) is 0 Å². The zero-order valence-corrected chi connectivity index (χ0v) is 13.4. The number of fused-ring (bicyclic) bond motifs is 1. The van der Waals surface area contributed by atoms with E-state index in [4.69, 9.17) is 14.2 Å². The zero-order valence-electron chi connectivity index (χ0n) is 13.4. The van der Waals surface area contributed by atoms with Crippen LogP contribution in [0.15, 0.2) is 60.7 Å². The van der Waals surface area contributed by atoms with E-state index < -0.39 is 0 Å². The minimum absolute atomic E-state index is 0.615.